The van der Waals surface area contributed by atoms with E-state index >= 15 is 0 Å². The van der Waals surface area contributed by atoms with Gasteiger partial charge in [0.1, 0.15) is 6.61 Å². The number of aromatic amines is 1. The Morgan fingerprint density at radius 1 is 0.972 bits per heavy atom. The van der Waals surface area contributed by atoms with Crippen LogP contribution in [0.5, 0.6) is 11.5 Å². The van der Waals surface area contributed by atoms with Gasteiger partial charge in [-0.25, -0.2) is 4.79 Å². The fourth-order valence-corrected chi connectivity index (χ4v) is 4.19. The second-order valence-corrected chi connectivity index (χ2v) is 9.13. The van der Waals surface area contributed by atoms with Crippen LogP contribution in [0.4, 0.5) is 5.69 Å². The number of hydrogen-bond donors (Lipinski definition) is 2. The van der Waals surface area contributed by atoms with Crippen molar-refractivity contribution >= 4 is 28.5 Å². The molecule has 0 saturated heterocycles. The largest absolute Gasteiger partial charge is 0.493 e. The lowest BCUT2D eigenvalue weighted by Crippen LogP contribution is -2.27. The number of para-hydroxylation sites is 1. The maximum Gasteiger partial charge on any atom is 0.359 e. The molecule has 0 saturated carbocycles. The standard InChI is InChI=1S/C28H29N3O5/c1-17-14-19(29-26(32)18-10-13-23(34-4)24(15-18)35-5)11-12-21(17)28(2,3)16-36-27(33)25-20-8-6-7-9-22(20)30-31-25/h6-15H,16H2,1-5H3,(H,29,32)(H,30,31). The van der Waals surface area contributed by atoms with Crippen LogP contribution in [0.15, 0.2) is 60.7 Å². The third-order valence-electron chi connectivity index (χ3n) is 6.09. The third kappa shape index (κ3) is 5.02. The van der Waals surface area contributed by atoms with E-state index in [2.05, 4.69) is 15.5 Å². The van der Waals surface area contributed by atoms with Gasteiger partial charge in [0.05, 0.1) is 19.7 Å². The zero-order chi connectivity index (χ0) is 25.9. The summed E-state index contributed by atoms with van der Waals surface area (Å²) in [6.07, 6.45) is 0. The highest BCUT2D eigenvalue weighted by molar-refractivity contribution is 6.04. The van der Waals surface area contributed by atoms with E-state index in [-0.39, 0.29) is 18.2 Å². The lowest BCUT2D eigenvalue weighted by Gasteiger charge is -2.27. The molecule has 2 N–H and O–H groups in total. The molecule has 0 spiro atoms. The van der Waals surface area contributed by atoms with Crippen molar-refractivity contribution in [2.75, 3.05) is 26.1 Å². The van der Waals surface area contributed by atoms with Gasteiger partial charge in [-0.3, -0.25) is 9.89 Å². The Bertz CT molecular complexity index is 1420. The van der Waals surface area contributed by atoms with Crippen LogP contribution in [-0.4, -0.2) is 42.9 Å². The summed E-state index contributed by atoms with van der Waals surface area (Å²) < 4.78 is 16.2. The quantitative estimate of drug-likeness (QED) is 0.328. The summed E-state index contributed by atoms with van der Waals surface area (Å²) in [6, 6.07) is 18.1. The van der Waals surface area contributed by atoms with Crippen molar-refractivity contribution in [2.24, 2.45) is 0 Å². The summed E-state index contributed by atoms with van der Waals surface area (Å²) in [5.74, 6) is 0.299. The molecule has 186 valence electrons. The number of amides is 1. The van der Waals surface area contributed by atoms with Crippen LogP contribution in [0.3, 0.4) is 0 Å². The van der Waals surface area contributed by atoms with Crippen molar-refractivity contribution in [1.29, 1.82) is 0 Å². The molecule has 1 aromatic heterocycles. The highest BCUT2D eigenvalue weighted by Gasteiger charge is 2.26. The molecule has 4 aromatic rings. The Hall–Kier alpha value is -4.33. The molecule has 1 amide bonds. The number of H-pyrrole nitrogens is 1. The van der Waals surface area contributed by atoms with Gasteiger partial charge in [-0.2, -0.15) is 5.10 Å². The number of hydrogen-bond acceptors (Lipinski definition) is 6. The predicted molar refractivity (Wildman–Crippen MR) is 138 cm³/mol. The number of benzene rings is 3. The van der Waals surface area contributed by atoms with Crippen LogP contribution in [0.2, 0.25) is 0 Å². The third-order valence-corrected chi connectivity index (χ3v) is 6.09. The number of methoxy groups -OCH3 is 2. The first-order valence-electron chi connectivity index (χ1n) is 11.5. The number of esters is 1. The molecule has 0 aliphatic rings. The molecule has 0 unspecified atom stereocenters. The maximum absolute atomic E-state index is 12.8. The maximum atomic E-state index is 12.8. The first kappa shape index (κ1) is 24.8. The van der Waals surface area contributed by atoms with Crippen molar-refractivity contribution in [3.63, 3.8) is 0 Å². The number of nitrogens with zero attached hydrogens (tertiary/aromatic N) is 1. The van der Waals surface area contributed by atoms with Crippen LogP contribution in [0.25, 0.3) is 10.9 Å². The zero-order valence-corrected chi connectivity index (χ0v) is 21.0. The minimum Gasteiger partial charge on any atom is -0.493 e. The van der Waals surface area contributed by atoms with Gasteiger partial charge in [0, 0.05) is 22.1 Å². The number of aryl methyl sites for hydroxylation is 1. The molecule has 0 fully saturated rings. The Labute approximate surface area is 209 Å². The fraction of sp³-hybridized carbons (Fsp3) is 0.250. The molecule has 8 nitrogen and oxygen atoms in total. The van der Waals surface area contributed by atoms with Crippen molar-refractivity contribution in [3.05, 3.63) is 83.0 Å². The summed E-state index contributed by atoms with van der Waals surface area (Å²) >= 11 is 0. The second kappa shape index (κ2) is 10.1. The van der Waals surface area contributed by atoms with Crippen LogP contribution < -0.4 is 14.8 Å². The first-order valence-corrected chi connectivity index (χ1v) is 11.5. The number of anilines is 1. The number of carbonyl (C=O) groups is 2. The number of aromatic nitrogens is 2. The molecule has 1 heterocycles. The van der Waals surface area contributed by atoms with Crippen molar-refractivity contribution in [3.8, 4) is 11.5 Å². The van der Waals surface area contributed by atoms with Gasteiger partial charge < -0.3 is 19.5 Å². The van der Waals surface area contributed by atoms with Crippen molar-refractivity contribution < 1.29 is 23.8 Å². The Morgan fingerprint density at radius 3 is 2.44 bits per heavy atom. The average Bonchev–Trinajstić information content (AvgIpc) is 3.31. The summed E-state index contributed by atoms with van der Waals surface area (Å²) in [6.45, 7) is 6.15. The summed E-state index contributed by atoms with van der Waals surface area (Å²) in [5.41, 5.74) is 3.67. The number of rotatable bonds is 8. The van der Waals surface area contributed by atoms with E-state index < -0.39 is 11.4 Å². The highest BCUT2D eigenvalue weighted by atomic mass is 16.5. The molecule has 0 aliphatic heterocycles. The first-order chi connectivity index (χ1) is 17.2. The molecular weight excluding hydrogens is 458 g/mol. The Balaban J connectivity index is 1.44. The SMILES string of the molecule is COc1ccc(C(=O)Nc2ccc(C(C)(C)COC(=O)c3n[nH]c4ccccc34)c(C)c2)cc1OC. The Kier molecular flexibility index (Phi) is 6.96. The molecule has 0 bridgehead atoms. The van der Waals surface area contributed by atoms with Crippen LogP contribution in [0, 0.1) is 6.92 Å². The second-order valence-electron chi connectivity index (χ2n) is 9.13. The van der Waals surface area contributed by atoms with E-state index in [0.717, 1.165) is 22.0 Å². The van der Waals surface area contributed by atoms with E-state index in [1.807, 2.05) is 63.2 Å². The van der Waals surface area contributed by atoms with Crippen LogP contribution >= 0.6 is 0 Å². The van der Waals surface area contributed by atoms with Crippen molar-refractivity contribution in [1.82, 2.24) is 10.2 Å². The van der Waals surface area contributed by atoms with E-state index in [4.69, 9.17) is 14.2 Å². The topological polar surface area (TPSA) is 103 Å². The average molecular weight is 488 g/mol. The number of nitrogens with one attached hydrogen (secondary N) is 2. The van der Waals surface area contributed by atoms with E-state index in [1.165, 1.54) is 7.11 Å². The fourth-order valence-electron chi connectivity index (χ4n) is 4.19. The molecule has 4 rings (SSSR count). The van der Waals surface area contributed by atoms with Crippen LogP contribution in [-0.2, 0) is 10.2 Å². The lowest BCUT2D eigenvalue weighted by molar-refractivity contribution is 0.0421. The summed E-state index contributed by atoms with van der Waals surface area (Å²) in [5, 5.41) is 10.6. The molecule has 0 radical (unpaired) electrons. The van der Waals surface area contributed by atoms with E-state index in [1.54, 1.807) is 25.3 Å². The number of fused-ring (bicyclic) bond motifs is 1. The van der Waals surface area contributed by atoms with Crippen molar-refractivity contribution in [2.45, 2.75) is 26.2 Å². The van der Waals surface area contributed by atoms with Gasteiger partial charge >= 0.3 is 5.97 Å². The zero-order valence-electron chi connectivity index (χ0n) is 21.0. The van der Waals surface area contributed by atoms with Gasteiger partial charge in [0.15, 0.2) is 17.2 Å². The summed E-state index contributed by atoms with van der Waals surface area (Å²) in [4.78, 5) is 25.5. The molecule has 36 heavy (non-hydrogen) atoms. The van der Waals surface area contributed by atoms with Gasteiger partial charge in [0.2, 0.25) is 0 Å². The normalized spacial score (nSPS) is 11.2. The molecule has 3 aromatic carbocycles. The van der Waals surface area contributed by atoms with Gasteiger partial charge in [-0.15, -0.1) is 0 Å². The summed E-state index contributed by atoms with van der Waals surface area (Å²) in [7, 11) is 3.07. The lowest BCUT2D eigenvalue weighted by atomic mass is 9.82. The van der Waals surface area contributed by atoms with Gasteiger partial charge in [0.25, 0.3) is 5.91 Å². The van der Waals surface area contributed by atoms with Gasteiger partial charge in [-0.1, -0.05) is 38.1 Å². The van der Waals surface area contributed by atoms with Crippen LogP contribution in [0.1, 0.15) is 45.8 Å². The predicted octanol–water partition coefficient (Wildman–Crippen LogP) is 5.28. The highest BCUT2D eigenvalue weighted by Crippen LogP contribution is 2.31. The minimum absolute atomic E-state index is 0.172. The Morgan fingerprint density at radius 2 is 1.72 bits per heavy atom. The molecule has 0 atom stereocenters. The van der Waals surface area contributed by atoms with E-state index in [9.17, 15) is 9.59 Å². The van der Waals surface area contributed by atoms with E-state index in [0.29, 0.717) is 22.7 Å². The number of carbonyl (C=O) groups excluding carboxylic acids is 2. The monoisotopic (exact) mass is 487 g/mol. The molecule has 0 aliphatic carbocycles. The minimum atomic E-state index is -0.475. The number of ether oxygens (including phenoxy) is 3. The molecular formula is C28H29N3O5. The van der Waals surface area contributed by atoms with Gasteiger partial charge in [-0.05, 0) is 54.4 Å². The smallest absolute Gasteiger partial charge is 0.359 e. The molecule has 8 heteroatoms.